The standard InChI is InChI=1S/C28H37FO5/c1-3-5-7-8-9-17-31-23-12-14-24(15-13-23)34-27(30)22-11-16-25(26(29)18-22)28-32-19-21(20-33-28)10-6-4-2/h11-16,18,21,28H,3-10,17,19-20H2,1-2H3. The van der Waals surface area contributed by atoms with E-state index >= 15 is 0 Å². The first-order valence-corrected chi connectivity index (χ1v) is 12.6. The quantitative estimate of drug-likeness (QED) is 0.175. The molecule has 3 rings (SSSR count). The molecule has 2 aromatic rings. The second-order valence-electron chi connectivity index (χ2n) is 8.87. The van der Waals surface area contributed by atoms with E-state index in [1.54, 1.807) is 24.3 Å². The maximum Gasteiger partial charge on any atom is 0.343 e. The van der Waals surface area contributed by atoms with E-state index in [2.05, 4.69) is 13.8 Å². The van der Waals surface area contributed by atoms with Crippen molar-refractivity contribution in [2.75, 3.05) is 19.8 Å². The highest BCUT2D eigenvalue weighted by Gasteiger charge is 2.26. The molecule has 0 amide bonds. The molecular weight excluding hydrogens is 435 g/mol. The zero-order valence-corrected chi connectivity index (χ0v) is 20.4. The number of esters is 1. The topological polar surface area (TPSA) is 54.0 Å². The van der Waals surface area contributed by atoms with Gasteiger partial charge in [0.25, 0.3) is 0 Å². The number of hydrogen-bond acceptors (Lipinski definition) is 5. The number of halogens is 1. The van der Waals surface area contributed by atoms with Gasteiger partial charge in [-0.05, 0) is 49.2 Å². The molecule has 0 spiro atoms. The Balaban J connectivity index is 1.47. The Morgan fingerprint density at radius 1 is 0.912 bits per heavy atom. The van der Waals surface area contributed by atoms with Gasteiger partial charge in [0.05, 0.1) is 25.4 Å². The zero-order chi connectivity index (χ0) is 24.2. The average Bonchev–Trinajstić information content (AvgIpc) is 2.86. The van der Waals surface area contributed by atoms with Crippen LogP contribution in [0.15, 0.2) is 42.5 Å². The predicted octanol–water partition coefficient (Wildman–Crippen LogP) is 7.25. The van der Waals surface area contributed by atoms with E-state index in [1.165, 1.54) is 37.5 Å². The normalized spacial score (nSPS) is 18.0. The van der Waals surface area contributed by atoms with Gasteiger partial charge in [0.1, 0.15) is 17.3 Å². The van der Waals surface area contributed by atoms with Crippen LogP contribution in [0.1, 0.15) is 87.4 Å². The van der Waals surface area contributed by atoms with Crippen molar-refractivity contribution in [3.05, 3.63) is 59.4 Å². The summed E-state index contributed by atoms with van der Waals surface area (Å²) in [6, 6.07) is 11.1. The van der Waals surface area contributed by atoms with E-state index in [0.29, 0.717) is 37.1 Å². The van der Waals surface area contributed by atoms with E-state index in [4.69, 9.17) is 18.9 Å². The molecule has 186 valence electrons. The van der Waals surface area contributed by atoms with Gasteiger partial charge in [0, 0.05) is 11.5 Å². The number of rotatable bonds is 13. The summed E-state index contributed by atoms with van der Waals surface area (Å²) in [4.78, 5) is 12.5. The number of carbonyl (C=O) groups is 1. The van der Waals surface area contributed by atoms with Crippen molar-refractivity contribution >= 4 is 5.97 Å². The van der Waals surface area contributed by atoms with Crippen molar-refractivity contribution in [2.24, 2.45) is 5.92 Å². The third-order valence-electron chi connectivity index (χ3n) is 5.97. The van der Waals surface area contributed by atoms with Gasteiger partial charge in [-0.25, -0.2) is 9.18 Å². The molecule has 0 saturated carbocycles. The highest BCUT2D eigenvalue weighted by Crippen LogP contribution is 2.29. The van der Waals surface area contributed by atoms with Crippen molar-refractivity contribution < 1.29 is 28.1 Å². The van der Waals surface area contributed by atoms with Gasteiger partial charge < -0.3 is 18.9 Å². The van der Waals surface area contributed by atoms with Crippen molar-refractivity contribution in [2.45, 2.75) is 71.5 Å². The molecule has 1 aliphatic heterocycles. The monoisotopic (exact) mass is 472 g/mol. The summed E-state index contributed by atoms with van der Waals surface area (Å²) in [5.41, 5.74) is 0.423. The van der Waals surface area contributed by atoms with Crippen LogP contribution in [-0.2, 0) is 9.47 Å². The van der Waals surface area contributed by atoms with Crippen LogP contribution >= 0.6 is 0 Å². The van der Waals surface area contributed by atoms with Crippen LogP contribution in [0.2, 0.25) is 0 Å². The lowest BCUT2D eigenvalue weighted by molar-refractivity contribution is -0.207. The summed E-state index contributed by atoms with van der Waals surface area (Å²) in [5.74, 6) is 0.280. The Kier molecular flexibility index (Phi) is 10.8. The molecule has 1 aliphatic rings. The van der Waals surface area contributed by atoms with Crippen molar-refractivity contribution in [1.82, 2.24) is 0 Å². The Hall–Kier alpha value is -2.44. The largest absolute Gasteiger partial charge is 0.494 e. The fourth-order valence-corrected chi connectivity index (χ4v) is 3.89. The minimum Gasteiger partial charge on any atom is -0.494 e. The molecule has 0 atom stereocenters. The van der Waals surface area contributed by atoms with Gasteiger partial charge in [0.2, 0.25) is 0 Å². The fraction of sp³-hybridized carbons (Fsp3) is 0.536. The lowest BCUT2D eigenvalue weighted by Gasteiger charge is -2.29. The van der Waals surface area contributed by atoms with E-state index in [-0.39, 0.29) is 5.56 Å². The van der Waals surface area contributed by atoms with Gasteiger partial charge in [-0.3, -0.25) is 0 Å². The van der Waals surface area contributed by atoms with Crippen LogP contribution in [0.5, 0.6) is 11.5 Å². The zero-order valence-electron chi connectivity index (χ0n) is 20.4. The maximum absolute atomic E-state index is 14.7. The first-order chi connectivity index (χ1) is 16.6. The van der Waals surface area contributed by atoms with Crippen LogP contribution in [0, 0.1) is 11.7 Å². The average molecular weight is 473 g/mol. The molecule has 0 unspecified atom stereocenters. The van der Waals surface area contributed by atoms with E-state index in [0.717, 1.165) is 37.9 Å². The van der Waals surface area contributed by atoms with Crippen LogP contribution in [-0.4, -0.2) is 25.8 Å². The Morgan fingerprint density at radius 3 is 2.26 bits per heavy atom. The summed E-state index contributed by atoms with van der Waals surface area (Å²) in [5, 5.41) is 0. The maximum atomic E-state index is 14.7. The molecule has 34 heavy (non-hydrogen) atoms. The number of unbranched alkanes of at least 4 members (excludes halogenated alkanes) is 5. The van der Waals surface area contributed by atoms with Crippen LogP contribution < -0.4 is 9.47 Å². The van der Waals surface area contributed by atoms with Crippen LogP contribution in [0.25, 0.3) is 0 Å². The molecule has 0 aromatic heterocycles. The number of ether oxygens (including phenoxy) is 4. The van der Waals surface area contributed by atoms with E-state index < -0.39 is 18.1 Å². The van der Waals surface area contributed by atoms with Crippen molar-refractivity contribution in [3.63, 3.8) is 0 Å². The molecule has 1 saturated heterocycles. The van der Waals surface area contributed by atoms with E-state index in [1.807, 2.05) is 0 Å². The minimum atomic E-state index is -0.748. The molecule has 1 fully saturated rings. The van der Waals surface area contributed by atoms with Gasteiger partial charge in [-0.1, -0.05) is 58.4 Å². The Bertz CT molecular complexity index is 875. The fourth-order valence-electron chi connectivity index (χ4n) is 3.89. The third kappa shape index (κ3) is 8.10. The molecule has 0 aliphatic carbocycles. The van der Waals surface area contributed by atoms with Gasteiger partial charge in [0.15, 0.2) is 6.29 Å². The van der Waals surface area contributed by atoms with Crippen molar-refractivity contribution in [3.8, 4) is 11.5 Å². The first kappa shape index (κ1) is 26.2. The summed E-state index contributed by atoms with van der Waals surface area (Å²) in [6.07, 6.45) is 8.45. The van der Waals surface area contributed by atoms with Crippen LogP contribution in [0.4, 0.5) is 4.39 Å². The minimum absolute atomic E-state index is 0.130. The molecule has 2 aromatic carbocycles. The summed E-state index contributed by atoms with van der Waals surface area (Å²) < 4.78 is 37.3. The third-order valence-corrected chi connectivity index (χ3v) is 5.97. The summed E-state index contributed by atoms with van der Waals surface area (Å²) >= 11 is 0. The molecular formula is C28H37FO5. The molecule has 1 heterocycles. The number of carbonyl (C=O) groups excluding carboxylic acids is 1. The van der Waals surface area contributed by atoms with Gasteiger partial charge >= 0.3 is 5.97 Å². The first-order valence-electron chi connectivity index (χ1n) is 12.6. The second kappa shape index (κ2) is 14.1. The molecule has 0 radical (unpaired) electrons. The SMILES string of the molecule is CCCCCCCOc1ccc(OC(=O)c2ccc(C3OCC(CCCC)CO3)c(F)c2)cc1. The lowest BCUT2D eigenvalue weighted by atomic mass is 10.0. The molecule has 0 bridgehead atoms. The van der Waals surface area contributed by atoms with Crippen LogP contribution in [0.3, 0.4) is 0 Å². The second-order valence-corrected chi connectivity index (χ2v) is 8.87. The number of benzene rings is 2. The highest BCUT2D eigenvalue weighted by molar-refractivity contribution is 5.91. The summed E-state index contributed by atoms with van der Waals surface area (Å²) in [6.45, 7) is 6.11. The van der Waals surface area contributed by atoms with Crippen molar-refractivity contribution in [1.29, 1.82) is 0 Å². The molecule has 0 N–H and O–H groups in total. The predicted molar refractivity (Wildman–Crippen MR) is 130 cm³/mol. The Labute approximate surface area is 202 Å². The molecule has 5 nitrogen and oxygen atoms in total. The highest BCUT2D eigenvalue weighted by atomic mass is 19.1. The number of hydrogen-bond donors (Lipinski definition) is 0. The lowest BCUT2D eigenvalue weighted by Crippen LogP contribution is -2.27. The van der Waals surface area contributed by atoms with Gasteiger partial charge in [-0.15, -0.1) is 0 Å². The van der Waals surface area contributed by atoms with E-state index in [9.17, 15) is 9.18 Å². The Morgan fingerprint density at radius 2 is 1.59 bits per heavy atom. The smallest absolute Gasteiger partial charge is 0.343 e. The van der Waals surface area contributed by atoms with Gasteiger partial charge in [-0.2, -0.15) is 0 Å². The molecule has 6 heteroatoms. The summed E-state index contributed by atoms with van der Waals surface area (Å²) in [7, 11) is 0.